The van der Waals surface area contributed by atoms with Crippen LogP contribution in [0.3, 0.4) is 0 Å². The molecule has 7 heteroatoms. The molecule has 1 aromatic carbocycles. The van der Waals surface area contributed by atoms with Crippen LogP contribution in [0, 0.1) is 5.92 Å². The summed E-state index contributed by atoms with van der Waals surface area (Å²) < 4.78 is 10.7. The minimum atomic E-state index is 0.391. The first-order valence-corrected chi connectivity index (χ1v) is 13.1. The molecule has 2 fully saturated rings. The smallest absolute Gasteiger partial charge is 0.126 e. The van der Waals surface area contributed by atoms with E-state index in [1.807, 2.05) is 0 Å². The van der Waals surface area contributed by atoms with Crippen LogP contribution in [0.15, 0.2) is 36.5 Å². The van der Waals surface area contributed by atoms with Crippen molar-refractivity contribution >= 4 is 23.1 Å². The van der Waals surface area contributed by atoms with E-state index in [1.54, 1.807) is 13.3 Å². The van der Waals surface area contributed by atoms with Gasteiger partial charge in [-0.25, -0.2) is 4.98 Å². The van der Waals surface area contributed by atoms with Crippen molar-refractivity contribution in [1.29, 1.82) is 0 Å². The SMILES string of the molecule is COC[C@H](C)N[C@H]1CC[C@H](Nc2cc(-c3cccc(NCC4CCOCC4)c3)c(Cl)cn2)CC1. The van der Waals surface area contributed by atoms with Crippen molar-refractivity contribution in [2.75, 3.05) is 44.1 Å². The highest BCUT2D eigenvalue weighted by Gasteiger charge is 2.22. The molecule has 0 unspecified atom stereocenters. The number of methoxy groups -OCH3 is 1. The van der Waals surface area contributed by atoms with Crippen molar-refractivity contribution in [3.8, 4) is 11.1 Å². The first kappa shape index (κ1) is 25.2. The van der Waals surface area contributed by atoms with Gasteiger partial charge in [-0.05, 0) is 75.1 Å². The molecule has 186 valence electrons. The van der Waals surface area contributed by atoms with Gasteiger partial charge in [0.1, 0.15) is 5.82 Å². The average molecular weight is 487 g/mol. The second-order valence-corrected chi connectivity index (χ2v) is 10.2. The maximum Gasteiger partial charge on any atom is 0.126 e. The molecule has 0 bridgehead atoms. The minimum Gasteiger partial charge on any atom is -0.385 e. The molecule has 1 saturated carbocycles. The van der Waals surface area contributed by atoms with E-state index in [0.29, 0.717) is 29.1 Å². The Morgan fingerprint density at radius 2 is 1.85 bits per heavy atom. The first-order chi connectivity index (χ1) is 16.6. The highest BCUT2D eigenvalue weighted by molar-refractivity contribution is 6.33. The topological polar surface area (TPSA) is 67.4 Å². The number of halogens is 1. The van der Waals surface area contributed by atoms with Crippen LogP contribution in [0.2, 0.25) is 5.02 Å². The summed E-state index contributed by atoms with van der Waals surface area (Å²) in [5, 5.41) is 11.6. The zero-order valence-electron chi connectivity index (χ0n) is 20.5. The Morgan fingerprint density at radius 3 is 2.62 bits per heavy atom. The van der Waals surface area contributed by atoms with Crippen molar-refractivity contribution in [3.05, 3.63) is 41.6 Å². The van der Waals surface area contributed by atoms with E-state index in [1.165, 1.54) is 0 Å². The van der Waals surface area contributed by atoms with E-state index in [0.717, 1.165) is 87.5 Å². The fourth-order valence-corrected chi connectivity index (χ4v) is 5.27. The molecule has 2 heterocycles. The van der Waals surface area contributed by atoms with Crippen LogP contribution in [0.5, 0.6) is 0 Å². The molecule has 2 aromatic rings. The van der Waals surface area contributed by atoms with Crippen LogP contribution in [-0.2, 0) is 9.47 Å². The zero-order valence-corrected chi connectivity index (χ0v) is 21.2. The summed E-state index contributed by atoms with van der Waals surface area (Å²) in [5.41, 5.74) is 3.24. The molecule has 0 radical (unpaired) electrons. The van der Waals surface area contributed by atoms with Crippen molar-refractivity contribution < 1.29 is 9.47 Å². The maximum absolute atomic E-state index is 6.57. The van der Waals surface area contributed by atoms with Crippen LogP contribution in [0.1, 0.15) is 45.4 Å². The second-order valence-electron chi connectivity index (χ2n) is 9.78. The third-order valence-corrected chi connectivity index (χ3v) is 7.28. The third kappa shape index (κ3) is 7.32. The highest BCUT2D eigenvalue weighted by atomic mass is 35.5. The summed E-state index contributed by atoms with van der Waals surface area (Å²) >= 11 is 6.57. The summed E-state index contributed by atoms with van der Waals surface area (Å²) in [6, 6.07) is 12.0. The molecule has 4 rings (SSSR count). The molecule has 1 aromatic heterocycles. The van der Waals surface area contributed by atoms with Crippen molar-refractivity contribution in [2.45, 2.75) is 63.6 Å². The van der Waals surface area contributed by atoms with Crippen molar-refractivity contribution in [2.24, 2.45) is 5.92 Å². The van der Waals surface area contributed by atoms with E-state index in [4.69, 9.17) is 21.1 Å². The van der Waals surface area contributed by atoms with Gasteiger partial charge in [-0.1, -0.05) is 23.7 Å². The molecule has 1 saturated heterocycles. The molecular formula is C27H39ClN4O2. The Balaban J connectivity index is 1.34. The second kappa shape index (κ2) is 12.7. The molecular weight excluding hydrogens is 448 g/mol. The molecule has 2 aliphatic rings. The van der Waals surface area contributed by atoms with Crippen molar-refractivity contribution in [1.82, 2.24) is 10.3 Å². The van der Waals surface area contributed by atoms with E-state index < -0.39 is 0 Å². The summed E-state index contributed by atoms with van der Waals surface area (Å²) in [4.78, 5) is 4.57. The molecule has 0 spiro atoms. The van der Waals surface area contributed by atoms with Gasteiger partial charge in [0, 0.05) is 62.4 Å². The minimum absolute atomic E-state index is 0.391. The number of benzene rings is 1. The number of anilines is 2. The number of hydrogen-bond donors (Lipinski definition) is 3. The Bertz CT molecular complexity index is 898. The van der Waals surface area contributed by atoms with Crippen LogP contribution in [-0.4, -0.2) is 56.6 Å². The molecule has 6 nitrogen and oxygen atoms in total. The normalized spacial score (nSPS) is 22.3. The monoisotopic (exact) mass is 486 g/mol. The number of nitrogens with zero attached hydrogens (tertiary/aromatic N) is 1. The lowest BCUT2D eigenvalue weighted by atomic mass is 9.90. The van der Waals surface area contributed by atoms with E-state index in [2.05, 4.69) is 58.2 Å². The fraction of sp³-hybridized carbons (Fsp3) is 0.593. The molecule has 3 N–H and O–H groups in total. The average Bonchev–Trinajstić information content (AvgIpc) is 2.86. The van der Waals surface area contributed by atoms with Gasteiger partial charge >= 0.3 is 0 Å². The quantitative estimate of drug-likeness (QED) is 0.407. The lowest BCUT2D eigenvalue weighted by molar-refractivity contribution is 0.0699. The third-order valence-electron chi connectivity index (χ3n) is 6.98. The standard InChI is InChI=1S/C27H39ClN4O2/c1-19(18-33-2)31-22-6-8-23(9-7-22)32-27-15-25(26(28)17-30-27)21-4-3-5-24(14-21)29-16-20-10-12-34-13-11-20/h3-5,14-15,17,19-20,22-23,29,31H,6-13,16,18H2,1-2H3,(H,30,32)/t19-,22-,23-/m0/s1. The van der Waals surface area contributed by atoms with Crippen LogP contribution < -0.4 is 16.0 Å². The lowest BCUT2D eigenvalue weighted by Crippen LogP contribution is -2.42. The summed E-state index contributed by atoms with van der Waals surface area (Å²) in [6.45, 7) is 5.66. The predicted octanol–water partition coefficient (Wildman–Crippen LogP) is 5.59. The number of ether oxygens (including phenoxy) is 2. The summed E-state index contributed by atoms with van der Waals surface area (Å²) in [5.74, 6) is 1.57. The van der Waals surface area contributed by atoms with Gasteiger partial charge in [0.15, 0.2) is 0 Å². The number of aromatic nitrogens is 1. The van der Waals surface area contributed by atoms with Gasteiger partial charge in [0.2, 0.25) is 0 Å². The number of hydrogen-bond acceptors (Lipinski definition) is 6. The van der Waals surface area contributed by atoms with Gasteiger partial charge in [0.05, 0.1) is 11.6 Å². The van der Waals surface area contributed by atoms with Gasteiger partial charge in [-0.15, -0.1) is 0 Å². The fourth-order valence-electron chi connectivity index (χ4n) is 5.06. The number of pyridine rings is 1. The Labute approximate surface area is 209 Å². The maximum atomic E-state index is 6.57. The van der Waals surface area contributed by atoms with E-state index in [-0.39, 0.29) is 0 Å². The van der Waals surface area contributed by atoms with Crippen LogP contribution in [0.4, 0.5) is 11.5 Å². The largest absolute Gasteiger partial charge is 0.385 e. The molecule has 1 aliphatic carbocycles. The summed E-state index contributed by atoms with van der Waals surface area (Å²) in [6.07, 6.45) is 8.59. The Kier molecular flexibility index (Phi) is 9.45. The van der Waals surface area contributed by atoms with E-state index in [9.17, 15) is 0 Å². The number of rotatable bonds is 10. The predicted molar refractivity (Wildman–Crippen MR) is 141 cm³/mol. The molecule has 1 atom stereocenters. The number of nitrogens with one attached hydrogen (secondary N) is 3. The van der Waals surface area contributed by atoms with Crippen molar-refractivity contribution in [3.63, 3.8) is 0 Å². The molecule has 0 amide bonds. The van der Waals surface area contributed by atoms with Gasteiger partial charge in [0.25, 0.3) is 0 Å². The highest BCUT2D eigenvalue weighted by Crippen LogP contribution is 2.32. The van der Waals surface area contributed by atoms with Crippen LogP contribution in [0.25, 0.3) is 11.1 Å². The van der Waals surface area contributed by atoms with Gasteiger partial charge in [-0.2, -0.15) is 0 Å². The Hall–Kier alpha value is -1.86. The Morgan fingerprint density at radius 1 is 1.09 bits per heavy atom. The van der Waals surface area contributed by atoms with Crippen LogP contribution >= 0.6 is 11.6 Å². The molecule has 34 heavy (non-hydrogen) atoms. The lowest BCUT2D eigenvalue weighted by Gasteiger charge is -2.32. The van der Waals surface area contributed by atoms with Gasteiger partial charge < -0.3 is 25.4 Å². The van der Waals surface area contributed by atoms with Gasteiger partial charge in [-0.3, -0.25) is 0 Å². The first-order valence-electron chi connectivity index (χ1n) is 12.7. The zero-order chi connectivity index (χ0) is 23.8. The summed E-state index contributed by atoms with van der Waals surface area (Å²) in [7, 11) is 1.76. The van der Waals surface area contributed by atoms with E-state index >= 15 is 0 Å². The molecule has 1 aliphatic heterocycles.